The number of aromatic amines is 1. The lowest BCUT2D eigenvalue weighted by molar-refractivity contribution is -0.0436. The Morgan fingerprint density at radius 3 is 2.27 bits per heavy atom. The van der Waals surface area contributed by atoms with Gasteiger partial charge in [0.1, 0.15) is 0 Å². The van der Waals surface area contributed by atoms with Gasteiger partial charge in [0.15, 0.2) is 0 Å². The van der Waals surface area contributed by atoms with Gasteiger partial charge in [0.25, 0.3) is 15.7 Å². The van der Waals surface area contributed by atoms with E-state index in [1.54, 1.807) is 6.92 Å². The number of nitrogens with one attached hydrogen (secondary N) is 2. The van der Waals surface area contributed by atoms with Crippen LogP contribution in [0.15, 0.2) is 35.4 Å². The molecule has 6 nitrogen and oxygen atoms in total. The molecule has 0 atom stereocenters. The molecule has 0 bridgehead atoms. The highest BCUT2D eigenvalue weighted by atomic mass is 32.2. The van der Waals surface area contributed by atoms with Gasteiger partial charge < -0.3 is 5.32 Å². The first-order valence-electron chi connectivity index (χ1n) is 5.86. The number of anilines is 1. The molecule has 1 heterocycles. The summed E-state index contributed by atoms with van der Waals surface area (Å²) in [6.45, 7) is 1.60. The van der Waals surface area contributed by atoms with Gasteiger partial charge in [-0.05, 0) is 31.2 Å². The van der Waals surface area contributed by atoms with Gasteiger partial charge in [0.05, 0.1) is 16.2 Å². The van der Waals surface area contributed by atoms with E-state index in [1.165, 1.54) is 6.20 Å². The molecule has 0 saturated heterocycles. The third kappa shape index (κ3) is 2.96. The maximum atomic E-state index is 12.4. The predicted molar refractivity (Wildman–Crippen MR) is 71.0 cm³/mol. The van der Waals surface area contributed by atoms with E-state index in [0.717, 1.165) is 24.3 Å². The minimum Gasteiger partial charge on any atom is -0.322 e. The molecule has 10 heteroatoms. The molecular formula is C12H10F3N3O3S. The molecule has 0 aliphatic heterocycles. The van der Waals surface area contributed by atoms with E-state index in [1.807, 2.05) is 0 Å². The molecule has 2 N–H and O–H groups in total. The smallest absolute Gasteiger partial charge is 0.322 e. The van der Waals surface area contributed by atoms with Crippen molar-refractivity contribution in [3.05, 3.63) is 41.7 Å². The summed E-state index contributed by atoms with van der Waals surface area (Å²) in [5.41, 5.74) is -4.49. The predicted octanol–water partition coefficient (Wildman–Crippen LogP) is 2.26. The third-order valence-electron chi connectivity index (χ3n) is 2.80. The number of alkyl halides is 3. The van der Waals surface area contributed by atoms with Crippen LogP contribution >= 0.6 is 0 Å². The topological polar surface area (TPSA) is 91.9 Å². The summed E-state index contributed by atoms with van der Waals surface area (Å²) >= 11 is 0. The van der Waals surface area contributed by atoms with Crippen LogP contribution in [0.1, 0.15) is 16.1 Å². The van der Waals surface area contributed by atoms with Gasteiger partial charge in [-0.2, -0.15) is 18.3 Å². The highest BCUT2D eigenvalue weighted by Crippen LogP contribution is 2.30. The molecule has 0 saturated carbocycles. The van der Waals surface area contributed by atoms with Crippen LogP contribution in [0.5, 0.6) is 0 Å². The lowest BCUT2D eigenvalue weighted by atomic mass is 10.2. The summed E-state index contributed by atoms with van der Waals surface area (Å²) in [4.78, 5) is 11.0. The number of H-pyrrole nitrogens is 1. The van der Waals surface area contributed by atoms with Gasteiger partial charge in [0.2, 0.25) is 0 Å². The van der Waals surface area contributed by atoms with E-state index in [-0.39, 0.29) is 11.3 Å². The number of benzene rings is 1. The van der Waals surface area contributed by atoms with E-state index < -0.39 is 26.1 Å². The fourth-order valence-electron chi connectivity index (χ4n) is 1.64. The molecule has 1 amide bonds. The van der Waals surface area contributed by atoms with Crippen molar-refractivity contribution in [3.63, 3.8) is 0 Å². The van der Waals surface area contributed by atoms with E-state index in [9.17, 15) is 26.4 Å². The summed E-state index contributed by atoms with van der Waals surface area (Å²) in [5.74, 6) is -0.516. The standard InChI is InChI=1S/C12H10F3N3O3S/c1-7-10(6-16-18-7)11(19)17-8-2-4-9(5-3-8)22(20,21)12(13,14)15/h2-6H,1H3,(H,16,18)(H,17,19). The van der Waals surface area contributed by atoms with Gasteiger partial charge in [-0.15, -0.1) is 0 Å². The normalized spacial score (nSPS) is 12.2. The highest BCUT2D eigenvalue weighted by molar-refractivity contribution is 7.92. The Balaban J connectivity index is 2.20. The lowest BCUT2D eigenvalue weighted by Crippen LogP contribution is -2.23. The number of amides is 1. The summed E-state index contributed by atoms with van der Waals surface area (Å²) in [5, 5.41) is 8.69. The zero-order valence-corrected chi connectivity index (χ0v) is 11.9. The Bertz CT molecular complexity index is 795. The molecule has 0 spiro atoms. The second-order valence-corrected chi connectivity index (χ2v) is 6.25. The maximum absolute atomic E-state index is 12.4. The van der Waals surface area contributed by atoms with E-state index in [4.69, 9.17) is 0 Å². The number of hydrogen-bond donors (Lipinski definition) is 2. The SMILES string of the molecule is Cc1n[nH]cc1C(=O)Nc1ccc(S(=O)(=O)C(F)(F)F)cc1. The van der Waals surface area contributed by atoms with Crippen LogP contribution in [0.2, 0.25) is 0 Å². The van der Waals surface area contributed by atoms with Crippen LogP contribution in [0.3, 0.4) is 0 Å². The van der Waals surface area contributed by atoms with Crippen LogP contribution in [-0.4, -0.2) is 30.0 Å². The monoisotopic (exact) mass is 333 g/mol. The average Bonchev–Trinajstić information content (AvgIpc) is 2.84. The fraction of sp³-hybridized carbons (Fsp3) is 0.167. The van der Waals surface area contributed by atoms with Crippen LogP contribution in [0.25, 0.3) is 0 Å². The number of carbonyl (C=O) groups is 1. The van der Waals surface area contributed by atoms with E-state index in [0.29, 0.717) is 5.69 Å². The fourth-order valence-corrected chi connectivity index (χ4v) is 2.40. The molecule has 22 heavy (non-hydrogen) atoms. The molecule has 0 aliphatic rings. The second-order valence-electron chi connectivity index (χ2n) is 4.31. The Morgan fingerprint density at radius 1 is 1.23 bits per heavy atom. The van der Waals surface area contributed by atoms with Crippen molar-refractivity contribution < 1.29 is 26.4 Å². The average molecular weight is 333 g/mol. The molecule has 1 aromatic heterocycles. The van der Waals surface area contributed by atoms with Crippen molar-refractivity contribution in [2.45, 2.75) is 17.3 Å². The minimum absolute atomic E-state index is 0.159. The van der Waals surface area contributed by atoms with Crippen molar-refractivity contribution in [1.29, 1.82) is 0 Å². The second kappa shape index (κ2) is 5.44. The van der Waals surface area contributed by atoms with Gasteiger partial charge >= 0.3 is 5.51 Å². The first-order valence-corrected chi connectivity index (χ1v) is 7.34. The Hall–Kier alpha value is -2.36. The largest absolute Gasteiger partial charge is 0.501 e. The zero-order chi connectivity index (χ0) is 16.5. The van der Waals surface area contributed by atoms with Crippen molar-refractivity contribution in [3.8, 4) is 0 Å². The van der Waals surface area contributed by atoms with Gasteiger partial charge in [-0.1, -0.05) is 0 Å². The number of halogens is 3. The van der Waals surface area contributed by atoms with Gasteiger partial charge in [0, 0.05) is 11.9 Å². The highest BCUT2D eigenvalue weighted by Gasteiger charge is 2.46. The van der Waals surface area contributed by atoms with Crippen LogP contribution in [-0.2, 0) is 9.84 Å². The summed E-state index contributed by atoms with van der Waals surface area (Å²) < 4.78 is 59.6. The van der Waals surface area contributed by atoms with Crippen molar-refractivity contribution in [2.75, 3.05) is 5.32 Å². The number of nitrogens with zero attached hydrogens (tertiary/aromatic N) is 1. The van der Waals surface area contributed by atoms with Gasteiger partial charge in [-0.3, -0.25) is 9.89 Å². The molecule has 118 valence electrons. The van der Waals surface area contributed by atoms with E-state index >= 15 is 0 Å². The number of rotatable bonds is 3. The number of aryl methyl sites for hydroxylation is 1. The van der Waals surface area contributed by atoms with Crippen molar-refractivity contribution in [2.24, 2.45) is 0 Å². The minimum atomic E-state index is -5.40. The summed E-state index contributed by atoms with van der Waals surface area (Å²) in [6.07, 6.45) is 1.37. The molecular weight excluding hydrogens is 323 g/mol. The summed E-state index contributed by atoms with van der Waals surface area (Å²) in [6, 6.07) is 3.71. The van der Waals surface area contributed by atoms with Crippen molar-refractivity contribution >= 4 is 21.4 Å². The Labute approximate surface area is 123 Å². The van der Waals surface area contributed by atoms with E-state index in [2.05, 4.69) is 15.5 Å². The van der Waals surface area contributed by atoms with Crippen LogP contribution in [0.4, 0.5) is 18.9 Å². The Kier molecular flexibility index (Phi) is 3.96. The zero-order valence-electron chi connectivity index (χ0n) is 11.1. The maximum Gasteiger partial charge on any atom is 0.501 e. The molecule has 0 fully saturated rings. The number of hydrogen-bond acceptors (Lipinski definition) is 4. The first-order chi connectivity index (χ1) is 10.1. The summed E-state index contributed by atoms with van der Waals surface area (Å²) in [7, 11) is -5.40. The van der Waals surface area contributed by atoms with Crippen LogP contribution in [0, 0.1) is 6.92 Å². The molecule has 0 unspecified atom stereocenters. The lowest BCUT2D eigenvalue weighted by Gasteiger charge is -2.09. The number of carbonyl (C=O) groups excluding carboxylic acids is 1. The molecule has 1 aromatic carbocycles. The Morgan fingerprint density at radius 2 is 1.82 bits per heavy atom. The molecule has 2 aromatic rings. The number of aromatic nitrogens is 2. The first kappa shape index (κ1) is 16.0. The quantitative estimate of drug-likeness (QED) is 0.901. The van der Waals surface area contributed by atoms with Crippen molar-refractivity contribution in [1.82, 2.24) is 10.2 Å². The third-order valence-corrected chi connectivity index (χ3v) is 4.30. The molecule has 2 rings (SSSR count). The molecule has 0 radical (unpaired) electrons. The molecule has 0 aliphatic carbocycles. The number of sulfone groups is 1. The van der Waals surface area contributed by atoms with Gasteiger partial charge in [-0.25, -0.2) is 8.42 Å². The van der Waals surface area contributed by atoms with Crippen LogP contribution < -0.4 is 5.32 Å².